The Hall–Kier alpha value is -1.65. The molecule has 0 N–H and O–H groups in total. The van der Waals surface area contributed by atoms with Gasteiger partial charge in [0.25, 0.3) is 0 Å². The lowest BCUT2D eigenvalue weighted by molar-refractivity contribution is 0.0638. The van der Waals surface area contributed by atoms with Crippen molar-refractivity contribution in [1.82, 2.24) is 14.7 Å². The quantitative estimate of drug-likeness (QED) is 0.813. The molecule has 0 amide bonds. The first-order valence-electron chi connectivity index (χ1n) is 7.24. The van der Waals surface area contributed by atoms with E-state index in [-0.39, 0.29) is 14.0 Å². The van der Waals surface area contributed by atoms with Crippen molar-refractivity contribution in [3.05, 3.63) is 53.9 Å². The maximum atomic E-state index is 8.08. The predicted octanol–water partition coefficient (Wildman–Crippen LogP) is 2.72. The molecule has 4 nitrogen and oxygen atoms in total. The standard InChI is InChI=1S/C15H21N3O.CH4/c1-17(2)11-12-19-15(13-7-5-4-6-8-13)14-9-10-16-18(14)3;/h4-10,15H,11-12H2,1-3H3;1H4/i12D2;. The van der Waals surface area contributed by atoms with Gasteiger partial charge in [0.05, 0.1) is 15.0 Å². The minimum absolute atomic E-state index is 0. The van der Waals surface area contributed by atoms with Gasteiger partial charge in [-0.1, -0.05) is 37.8 Å². The minimum atomic E-state index is -1.76. The first-order valence-corrected chi connectivity index (χ1v) is 6.24. The summed E-state index contributed by atoms with van der Waals surface area (Å²) in [7, 11) is 5.47. The molecule has 0 fully saturated rings. The van der Waals surface area contributed by atoms with Gasteiger partial charge in [0.15, 0.2) is 0 Å². The lowest BCUT2D eigenvalue weighted by Gasteiger charge is -2.20. The van der Waals surface area contributed by atoms with Gasteiger partial charge in [0, 0.05) is 19.8 Å². The number of hydrogen-bond acceptors (Lipinski definition) is 3. The Bertz CT molecular complexity index is 570. The normalized spacial score (nSPS) is 14.4. The van der Waals surface area contributed by atoms with Crippen LogP contribution in [0.25, 0.3) is 0 Å². The van der Waals surface area contributed by atoms with E-state index in [0.717, 1.165) is 11.3 Å². The zero-order valence-corrected chi connectivity index (χ0v) is 11.6. The van der Waals surface area contributed by atoms with Crippen LogP contribution in [0.1, 0.15) is 27.5 Å². The summed E-state index contributed by atoms with van der Waals surface area (Å²) in [5.74, 6) is 0. The van der Waals surface area contributed by atoms with Gasteiger partial charge in [-0.3, -0.25) is 4.68 Å². The predicted molar refractivity (Wildman–Crippen MR) is 82.7 cm³/mol. The molecular formula is C16H25N3O. The van der Waals surface area contributed by atoms with Gasteiger partial charge in [-0.2, -0.15) is 5.10 Å². The summed E-state index contributed by atoms with van der Waals surface area (Å²) in [5, 5.41) is 4.16. The third kappa shape index (κ3) is 4.18. The summed E-state index contributed by atoms with van der Waals surface area (Å²) < 4.78 is 23.7. The summed E-state index contributed by atoms with van der Waals surface area (Å²) in [6.45, 7) is -1.57. The molecule has 0 radical (unpaired) electrons. The molecule has 0 saturated heterocycles. The topological polar surface area (TPSA) is 30.3 Å². The molecule has 0 spiro atoms. The molecule has 0 aliphatic heterocycles. The summed E-state index contributed by atoms with van der Waals surface area (Å²) >= 11 is 0. The molecule has 0 bridgehead atoms. The third-order valence-corrected chi connectivity index (χ3v) is 2.81. The second kappa shape index (κ2) is 7.82. The van der Waals surface area contributed by atoms with E-state index in [0.29, 0.717) is 0 Å². The van der Waals surface area contributed by atoms with Gasteiger partial charge in [-0.05, 0) is 25.7 Å². The summed E-state index contributed by atoms with van der Waals surface area (Å²) in [6, 6.07) is 11.5. The molecule has 4 heteroatoms. The molecule has 1 unspecified atom stereocenters. The van der Waals surface area contributed by atoms with E-state index < -0.39 is 12.7 Å². The Balaban J connectivity index is 0.00000242. The molecule has 1 atom stereocenters. The number of nitrogens with zero attached hydrogens (tertiary/aromatic N) is 3. The van der Waals surface area contributed by atoms with Crippen molar-refractivity contribution in [3.63, 3.8) is 0 Å². The van der Waals surface area contributed by atoms with Crippen LogP contribution in [-0.2, 0) is 11.8 Å². The molecule has 0 aliphatic carbocycles. The molecule has 2 rings (SSSR count). The molecule has 1 heterocycles. The van der Waals surface area contributed by atoms with Crippen LogP contribution in [0.15, 0.2) is 42.6 Å². The second-order valence-corrected chi connectivity index (χ2v) is 4.67. The van der Waals surface area contributed by atoms with E-state index in [1.54, 1.807) is 15.8 Å². The van der Waals surface area contributed by atoms with Crippen molar-refractivity contribution >= 4 is 0 Å². The second-order valence-electron chi connectivity index (χ2n) is 4.67. The lowest BCUT2D eigenvalue weighted by atomic mass is 10.1. The minimum Gasteiger partial charge on any atom is -0.366 e. The Kier molecular flexibility index (Phi) is 5.22. The fraction of sp³-hybridized carbons (Fsp3) is 0.438. The smallest absolute Gasteiger partial charge is 0.124 e. The Morgan fingerprint density at radius 1 is 1.30 bits per heavy atom. The van der Waals surface area contributed by atoms with Crippen LogP contribution in [0.5, 0.6) is 0 Å². The van der Waals surface area contributed by atoms with Crippen molar-refractivity contribution in [2.24, 2.45) is 7.05 Å². The van der Waals surface area contributed by atoms with Crippen molar-refractivity contribution < 1.29 is 7.48 Å². The van der Waals surface area contributed by atoms with Gasteiger partial charge in [-0.15, -0.1) is 0 Å². The molecule has 110 valence electrons. The van der Waals surface area contributed by atoms with Crippen LogP contribution in [0.3, 0.4) is 0 Å². The molecule has 2 aromatic rings. The monoisotopic (exact) mass is 277 g/mol. The Morgan fingerprint density at radius 3 is 2.55 bits per heavy atom. The van der Waals surface area contributed by atoms with E-state index in [1.165, 1.54) is 0 Å². The van der Waals surface area contributed by atoms with Gasteiger partial charge < -0.3 is 9.64 Å². The molecule has 0 aliphatic rings. The fourth-order valence-electron chi connectivity index (χ4n) is 1.82. The van der Waals surface area contributed by atoms with Crippen LogP contribution < -0.4 is 0 Å². The van der Waals surface area contributed by atoms with Crippen LogP contribution in [-0.4, -0.2) is 41.9 Å². The van der Waals surface area contributed by atoms with E-state index in [9.17, 15) is 0 Å². The van der Waals surface area contributed by atoms with E-state index >= 15 is 0 Å². The number of hydrogen-bond donors (Lipinski definition) is 0. The molecular weight excluding hydrogens is 250 g/mol. The maximum Gasteiger partial charge on any atom is 0.124 e. The van der Waals surface area contributed by atoms with E-state index in [4.69, 9.17) is 7.48 Å². The largest absolute Gasteiger partial charge is 0.366 e. The average molecular weight is 277 g/mol. The summed E-state index contributed by atoms with van der Waals surface area (Å²) in [6.07, 6.45) is 1.20. The Morgan fingerprint density at radius 2 is 2.00 bits per heavy atom. The molecule has 1 aromatic heterocycles. The van der Waals surface area contributed by atoms with Crippen molar-refractivity contribution in [2.45, 2.75) is 13.5 Å². The van der Waals surface area contributed by atoms with Crippen LogP contribution in [0.4, 0.5) is 0 Å². The number of aromatic nitrogens is 2. The van der Waals surface area contributed by atoms with Gasteiger partial charge in [-0.25, -0.2) is 0 Å². The van der Waals surface area contributed by atoms with Crippen molar-refractivity contribution in [1.29, 1.82) is 0 Å². The SMILES string of the molecule is C.[2H]C([2H])(CN(C)C)OC(c1ccccc1)c1ccnn1C. The highest BCUT2D eigenvalue weighted by molar-refractivity contribution is 5.25. The van der Waals surface area contributed by atoms with Crippen molar-refractivity contribution in [3.8, 4) is 0 Å². The highest BCUT2D eigenvalue weighted by atomic mass is 16.5. The number of likely N-dealkylation sites (N-methyl/N-ethyl adjacent to an activating group) is 1. The lowest BCUT2D eigenvalue weighted by Crippen LogP contribution is -2.20. The first kappa shape index (κ1) is 13.3. The zero-order chi connectivity index (χ0) is 15.5. The highest BCUT2D eigenvalue weighted by Gasteiger charge is 2.17. The summed E-state index contributed by atoms with van der Waals surface area (Å²) in [4.78, 5) is 1.77. The van der Waals surface area contributed by atoms with Crippen LogP contribution >= 0.6 is 0 Å². The average Bonchev–Trinajstić information content (AvgIpc) is 2.82. The zero-order valence-electron chi connectivity index (χ0n) is 13.6. The van der Waals surface area contributed by atoms with Gasteiger partial charge >= 0.3 is 0 Å². The number of benzene rings is 1. The first-order chi connectivity index (χ1) is 9.89. The van der Waals surface area contributed by atoms with Crippen LogP contribution in [0.2, 0.25) is 0 Å². The van der Waals surface area contributed by atoms with Crippen molar-refractivity contribution in [2.75, 3.05) is 27.2 Å². The fourth-order valence-corrected chi connectivity index (χ4v) is 1.82. The van der Waals surface area contributed by atoms with Crippen LogP contribution in [0, 0.1) is 0 Å². The third-order valence-electron chi connectivity index (χ3n) is 2.81. The maximum absolute atomic E-state index is 8.08. The van der Waals surface area contributed by atoms with Gasteiger partial charge in [0.1, 0.15) is 6.10 Å². The molecule has 20 heavy (non-hydrogen) atoms. The summed E-state index contributed by atoms with van der Waals surface area (Å²) in [5.41, 5.74) is 1.73. The number of rotatable bonds is 6. The number of ether oxygens (including phenoxy) is 1. The molecule has 1 aromatic carbocycles. The Labute approximate surface area is 124 Å². The van der Waals surface area contributed by atoms with E-state index in [1.807, 2.05) is 57.5 Å². The highest BCUT2D eigenvalue weighted by Crippen LogP contribution is 2.25. The molecule has 0 saturated carbocycles. The number of aryl methyl sites for hydroxylation is 1. The van der Waals surface area contributed by atoms with Gasteiger partial charge in [0.2, 0.25) is 0 Å². The van der Waals surface area contributed by atoms with E-state index in [2.05, 4.69) is 5.10 Å².